The van der Waals surface area contributed by atoms with E-state index in [-0.39, 0.29) is 47.6 Å². The van der Waals surface area contributed by atoms with Crippen molar-refractivity contribution in [2.24, 2.45) is 5.41 Å². The van der Waals surface area contributed by atoms with Gasteiger partial charge in [-0.3, -0.25) is 4.79 Å². The lowest BCUT2D eigenvalue weighted by Gasteiger charge is -2.31. The van der Waals surface area contributed by atoms with Crippen LogP contribution in [0.5, 0.6) is 5.75 Å². The molecule has 2 aromatic rings. The SMILES string of the molecule is CC(C)(C)C(COc1ccccc1F)NC(=O)CCNS(=O)(=O)c1ccccc1. The Balaban J connectivity index is 1.89. The number of nitrogens with one attached hydrogen (secondary N) is 2. The van der Waals surface area contributed by atoms with Crippen LogP contribution in [0.1, 0.15) is 27.2 Å². The first kappa shape index (κ1) is 22.8. The van der Waals surface area contributed by atoms with Crippen LogP contribution in [0.3, 0.4) is 0 Å². The first-order valence-electron chi connectivity index (χ1n) is 9.31. The van der Waals surface area contributed by atoms with Gasteiger partial charge in [-0.2, -0.15) is 0 Å². The van der Waals surface area contributed by atoms with Gasteiger partial charge in [-0.1, -0.05) is 51.1 Å². The smallest absolute Gasteiger partial charge is 0.240 e. The van der Waals surface area contributed by atoms with E-state index in [1.165, 1.54) is 24.3 Å². The first-order chi connectivity index (χ1) is 13.6. The van der Waals surface area contributed by atoms with E-state index in [4.69, 9.17) is 4.74 Å². The van der Waals surface area contributed by atoms with Gasteiger partial charge in [0, 0.05) is 13.0 Å². The van der Waals surface area contributed by atoms with Gasteiger partial charge in [0.15, 0.2) is 11.6 Å². The lowest BCUT2D eigenvalue weighted by atomic mass is 9.87. The summed E-state index contributed by atoms with van der Waals surface area (Å²) < 4.78 is 46.1. The third-order valence-electron chi connectivity index (χ3n) is 4.32. The van der Waals surface area contributed by atoms with Crippen molar-refractivity contribution in [3.8, 4) is 5.75 Å². The number of hydrogen-bond acceptors (Lipinski definition) is 4. The highest BCUT2D eigenvalue weighted by Gasteiger charge is 2.27. The molecule has 1 atom stereocenters. The molecule has 0 saturated carbocycles. The monoisotopic (exact) mass is 422 g/mol. The minimum atomic E-state index is -3.66. The Bertz CT molecular complexity index is 912. The van der Waals surface area contributed by atoms with Gasteiger partial charge in [-0.25, -0.2) is 17.5 Å². The standard InChI is InChI=1S/C21H27FN2O4S/c1-21(2,3)19(15-28-18-12-8-7-11-17(18)22)24-20(25)13-14-23-29(26,27)16-9-5-4-6-10-16/h4-12,19,23H,13-15H2,1-3H3,(H,24,25). The maximum atomic E-state index is 13.7. The van der Waals surface area contributed by atoms with E-state index in [0.717, 1.165) is 0 Å². The maximum Gasteiger partial charge on any atom is 0.240 e. The molecular formula is C21H27FN2O4S. The number of carbonyl (C=O) groups is 1. The Morgan fingerprint density at radius 1 is 1.07 bits per heavy atom. The zero-order valence-electron chi connectivity index (χ0n) is 16.8. The predicted octanol–water partition coefficient (Wildman–Crippen LogP) is 3.10. The van der Waals surface area contributed by atoms with Crippen LogP contribution in [0.4, 0.5) is 4.39 Å². The van der Waals surface area contributed by atoms with Crippen LogP contribution in [0.2, 0.25) is 0 Å². The normalized spacial score (nSPS) is 13.0. The van der Waals surface area contributed by atoms with E-state index in [0.29, 0.717) is 0 Å². The molecule has 6 nitrogen and oxygen atoms in total. The Morgan fingerprint density at radius 3 is 2.31 bits per heavy atom. The molecule has 29 heavy (non-hydrogen) atoms. The van der Waals surface area contributed by atoms with Gasteiger partial charge in [0.05, 0.1) is 10.9 Å². The molecule has 1 unspecified atom stereocenters. The van der Waals surface area contributed by atoms with E-state index >= 15 is 0 Å². The molecule has 0 radical (unpaired) electrons. The summed E-state index contributed by atoms with van der Waals surface area (Å²) >= 11 is 0. The fraction of sp³-hybridized carbons (Fsp3) is 0.381. The van der Waals surface area contributed by atoms with Crippen molar-refractivity contribution in [1.29, 1.82) is 0 Å². The van der Waals surface area contributed by atoms with Crippen molar-refractivity contribution in [2.75, 3.05) is 13.2 Å². The summed E-state index contributed by atoms with van der Waals surface area (Å²) in [4.78, 5) is 12.5. The summed E-state index contributed by atoms with van der Waals surface area (Å²) in [6.45, 7) is 5.85. The molecule has 1 amide bonds. The van der Waals surface area contributed by atoms with Gasteiger partial charge < -0.3 is 10.1 Å². The van der Waals surface area contributed by atoms with Crippen LogP contribution in [0.25, 0.3) is 0 Å². The number of rotatable bonds is 9. The van der Waals surface area contributed by atoms with Gasteiger partial charge >= 0.3 is 0 Å². The average Bonchev–Trinajstić information content (AvgIpc) is 2.66. The molecule has 0 fully saturated rings. The lowest BCUT2D eigenvalue weighted by Crippen LogP contribution is -2.48. The van der Waals surface area contributed by atoms with Crippen LogP contribution >= 0.6 is 0 Å². The van der Waals surface area contributed by atoms with Gasteiger partial charge in [-0.05, 0) is 29.7 Å². The highest BCUT2D eigenvalue weighted by Crippen LogP contribution is 2.22. The molecule has 2 rings (SSSR count). The molecule has 2 N–H and O–H groups in total. The van der Waals surface area contributed by atoms with Gasteiger partial charge in [0.1, 0.15) is 6.61 Å². The van der Waals surface area contributed by atoms with E-state index in [2.05, 4.69) is 10.0 Å². The fourth-order valence-electron chi connectivity index (χ4n) is 2.49. The van der Waals surface area contributed by atoms with Crippen molar-refractivity contribution in [3.05, 3.63) is 60.4 Å². The average molecular weight is 423 g/mol. The number of amides is 1. The molecule has 2 aromatic carbocycles. The largest absolute Gasteiger partial charge is 0.488 e. The van der Waals surface area contributed by atoms with Crippen molar-refractivity contribution in [1.82, 2.24) is 10.0 Å². The number of hydrogen-bond donors (Lipinski definition) is 2. The van der Waals surface area contributed by atoms with Crippen molar-refractivity contribution < 1.29 is 22.3 Å². The molecule has 0 heterocycles. The number of carbonyl (C=O) groups excluding carboxylic acids is 1. The molecule has 0 bridgehead atoms. The summed E-state index contributed by atoms with van der Waals surface area (Å²) in [5.74, 6) is -0.675. The second-order valence-electron chi connectivity index (χ2n) is 7.69. The van der Waals surface area contributed by atoms with E-state index in [1.54, 1.807) is 30.3 Å². The molecular weight excluding hydrogens is 395 g/mol. The molecule has 0 aliphatic carbocycles. The Labute approximate surface area is 171 Å². The third-order valence-corrected chi connectivity index (χ3v) is 5.80. The van der Waals surface area contributed by atoms with Gasteiger partial charge in [0.2, 0.25) is 15.9 Å². The van der Waals surface area contributed by atoms with E-state index < -0.39 is 15.8 Å². The lowest BCUT2D eigenvalue weighted by molar-refractivity contribution is -0.122. The van der Waals surface area contributed by atoms with Crippen molar-refractivity contribution in [2.45, 2.75) is 38.1 Å². The first-order valence-corrected chi connectivity index (χ1v) is 10.8. The highest BCUT2D eigenvalue weighted by atomic mass is 32.2. The van der Waals surface area contributed by atoms with Gasteiger partial charge in [-0.15, -0.1) is 0 Å². The Morgan fingerprint density at radius 2 is 1.69 bits per heavy atom. The number of para-hydroxylation sites is 1. The minimum absolute atomic E-state index is 0.0294. The quantitative estimate of drug-likeness (QED) is 0.650. The molecule has 8 heteroatoms. The zero-order chi connectivity index (χ0) is 21.5. The van der Waals surface area contributed by atoms with Crippen LogP contribution < -0.4 is 14.8 Å². The molecule has 0 aliphatic rings. The third kappa shape index (κ3) is 7.14. The highest BCUT2D eigenvalue weighted by molar-refractivity contribution is 7.89. The Kier molecular flexibility index (Phi) is 7.75. The van der Waals surface area contributed by atoms with Crippen molar-refractivity contribution >= 4 is 15.9 Å². The maximum absolute atomic E-state index is 13.7. The summed E-state index contributed by atoms with van der Waals surface area (Å²) in [6.07, 6.45) is -0.0294. The second kappa shape index (κ2) is 9.84. The topological polar surface area (TPSA) is 84.5 Å². The van der Waals surface area contributed by atoms with Crippen LogP contribution in [-0.2, 0) is 14.8 Å². The summed E-state index contributed by atoms with van der Waals surface area (Å²) in [5, 5.41) is 2.85. The van der Waals surface area contributed by atoms with E-state index in [9.17, 15) is 17.6 Å². The molecule has 0 saturated heterocycles. The van der Waals surface area contributed by atoms with Crippen molar-refractivity contribution in [3.63, 3.8) is 0 Å². The van der Waals surface area contributed by atoms with Crippen LogP contribution in [-0.4, -0.2) is 33.5 Å². The number of benzene rings is 2. The molecule has 0 aliphatic heterocycles. The number of halogens is 1. The molecule has 158 valence electrons. The van der Waals surface area contributed by atoms with Crippen LogP contribution in [0, 0.1) is 11.2 Å². The Hall–Kier alpha value is -2.45. The number of ether oxygens (including phenoxy) is 1. The molecule has 0 aromatic heterocycles. The number of sulfonamides is 1. The van der Waals surface area contributed by atoms with Gasteiger partial charge in [0.25, 0.3) is 0 Å². The van der Waals surface area contributed by atoms with E-state index in [1.807, 2.05) is 20.8 Å². The van der Waals surface area contributed by atoms with Crippen LogP contribution in [0.15, 0.2) is 59.5 Å². The second-order valence-corrected chi connectivity index (χ2v) is 9.46. The summed E-state index contributed by atoms with van der Waals surface area (Å²) in [7, 11) is -3.66. The fourth-order valence-corrected chi connectivity index (χ4v) is 3.54. The molecule has 0 spiro atoms. The zero-order valence-corrected chi connectivity index (χ0v) is 17.6. The summed E-state index contributed by atoms with van der Waals surface area (Å²) in [6, 6.07) is 13.6. The predicted molar refractivity (Wildman–Crippen MR) is 110 cm³/mol. The minimum Gasteiger partial charge on any atom is -0.488 e. The summed E-state index contributed by atoms with van der Waals surface area (Å²) in [5.41, 5.74) is -0.343.